The predicted molar refractivity (Wildman–Crippen MR) is 116 cm³/mol. The van der Waals surface area contributed by atoms with Crippen LogP contribution in [-0.4, -0.2) is 25.8 Å². The SMILES string of the molecule is CCOc1ccccc1C(=O)NN=Cc1ccccc1OCc1cccc(OC)c1. The molecule has 0 aromatic heterocycles. The second-order valence-corrected chi connectivity index (χ2v) is 6.31. The van der Waals surface area contributed by atoms with Gasteiger partial charge < -0.3 is 14.2 Å². The number of benzene rings is 3. The van der Waals surface area contributed by atoms with Crippen LogP contribution in [0.4, 0.5) is 0 Å². The van der Waals surface area contributed by atoms with Gasteiger partial charge in [0.1, 0.15) is 23.9 Å². The van der Waals surface area contributed by atoms with Gasteiger partial charge in [-0.1, -0.05) is 36.4 Å². The fourth-order valence-corrected chi connectivity index (χ4v) is 2.80. The standard InChI is InChI=1S/C24H24N2O4/c1-3-29-23-14-7-5-12-21(23)24(27)26-25-16-19-10-4-6-13-22(19)30-17-18-9-8-11-20(15-18)28-2/h4-16H,3,17H2,1-2H3,(H,26,27). The number of carbonyl (C=O) groups excluding carboxylic acids is 1. The number of carbonyl (C=O) groups is 1. The third-order valence-corrected chi connectivity index (χ3v) is 4.25. The second kappa shape index (κ2) is 10.7. The maximum Gasteiger partial charge on any atom is 0.275 e. The maximum absolute atomic E-state index is 12.4. The molecule has 154 valence electrons. The molecule has 0 fully saturated rings. The quantitative estimate of drug-likeness (QED) is 0.423. The molecule has 0 unspecified atom stereocenters. The lowest BCUT2D eigenvalue weighted by Gasteiger charge is -2.10. The van der Waals surface area contributed by atoms with Crippen molar-refractivity contribution >= 4 is 12.1 Å². The van der Waals surface area contributed by atoms with Crippen LogP contribution in [0.3, 0.4) is 0 Å². The van der Waals surface area contributed by atoms with Gasteiger partial charge in [0.15, 0.2) is 0 Å². The number of hydrazone groups is 1. The van der Waals surface area contributed by atoms with E-state index in [-0.39, 0.29) is 5.91 Å². The minimum absolute atomic E-state index is 0.343. The van der Waals surface area contributed by atoms with E-state index < -0.39 is 0 Å². The topological polar surface area (TPSA) is 69.2 Å². The zero-order chi connectivity index (χ0) is 21.2. The lowest BCUT2D eigenvalue weighted by molar-refractivity contribution is 0.0951. The molecule has 0 aliphatic carbocycles. The smallest absolute Gasteiger partial charge is 0.275 e. The Balaban J connectivity index is 1.66. The molecule has 0 bridgehead atoms. The van der Waals surface area contributed by atoms with Crippen molar-refractivity contribution in [2.24, 2.45) is 5.10 Å². The summed E-state index contributed by atoms with van der Waals surface area (Å²) in [4.78, 5) is 12.4. The first-order chi connectivity index (χ1) is 14.7. The fourth-order valence-electron chi connectivity index (χ4n) is 2.80. The van der Waals surface area contributed by atoms with E-state index in [4.69, 9.17) is 14.2 Å². The summed E-state index contributed by atoms with van der Waals surface area (Å²) in [5, 5.41) is 4.08. The van der Waals surface area contributed by atoms with Gasteiger partial charge >= 0.3 is 0 Å². The third-order valence-electron chi connectivity index (χ3n) is 4.25. The van der Waals surface area contributed by atoms with Gasteiger partial charge in [-0.25, -0.2) is 5.43 Å². The van der Waals surface area contributed by atoms with Crippen molar-refractivity contribution in [3.05, 3.63) is 89.5 Å². The van der Waals surface area contributed by atoms with E-state index in [1.165, 1.54) is 0 Å². The van der Waals surface area contributed by atoms with E-state index >= 15 is 0 Å². The average molecular weight is 404 g/mol. The Morgan fingerprint density at radius 1 is 0.967 bits per heavy atom. The van der Waals surface area contributed by atoms with Gasteiger partial charge in [0.25, 0.3) is 5.91 Å². The van der Waals surface area contributed by atoms with Gasteiger partial charge in [0.05, 0.1) is 25.5 Å². The predicted octanol–water partition coefficient (Wildman–Crippen LogP) is 4.44. The van der Waals surface area contributed by atoms with Crippen LogP contribution in [0.15, 0.2) is 77.9 Å². The summed E-state index contributed by atoms with van der Waals surface area (Å²) in [5.41, 5.74) is 4.71. The zero-order valence-electron chi connectivity index (χ0n) is 17.0. The van der Waals surface area contributed by atoms with Crippen molar-refractivity contribution in [2.75, 3.05) is 13.7 Å². The van der Waals surface area contributed by atoms with Crippen molar-refractivity contribution in [1.29, 1.82) is 0 Å². The molecule has 6 nitrogen and oxygen atoms in total. The highest BCUT2D eigenvalue weighted by Gasteiger charge is 2.11. The van der Waals surface area contributed by atoms with E-state index in [1.54, 1.807) is 31.5 Å². The van der Waals surface area contributed by atoms with Crippen LogP contribution in [0.25, 0.3) is 0 Å². The first-order valence-corrected chi connectivity index (χ1v) is 9.61. The van der Waals surface area contributed by atoms with Gasteiger partial charge in [-0.3, -0.25) is 4.79 Å². The normalized spacial score (nSPS) is 10.6. The van der Waals surface area contributed by atoms with Crippen LogP contribution in [0.5, 0.6) is 17.2 Å². The Labute approximate surface area is 176 Å². The number of ether oxygens (including phenoxy) is 3. The highest BCUT2D eigenvalue weighted by atomic mass is 16.5. The largest absolute Gasteiger partial charge is 0.497 e. The summed E-state index contributed by atoms with van der Waals surface area (Å²) >= 11 is 0. The fraction of sp³-hybridized carbons (Fsp3) is 0.167. The number of methoxy groups -OCH3 is 1. The summed E-state index contributed by atoms with van der Waals surface area (Å²) in [6, 6.07) is 22.2. The Hall–Kier alpha value is -3.80. The molecule has 3 aromatic carbocycles. The lowest BCUT2D eigenvalue weighted by atomic mass is 10.2. The minimum atomic E-state index is -0.343. The van der Waals surface area contributed by atoms with Gasteiger partial charge in [-0.15, -0.1) is 0 Å². The third kappa shape index (κ3) is 5.61. The Morgan fingerprint density at radius 2 is 1.73 bits per heavy atom. The van der Waals surface area contributed by atoms with Crippen LogP contribution in [-0.2, 0) is 6.61 Å². The molecule has 0 aliphatic heterocycles. The molecule has 0 saturated heterocycles. The van der Waals surface area contributed by atoms with Gasteiger partial charge in [-0.05, 0) is 48.9 Å². The molecule has 0 radical (unpaired) electrons. The van der Waals surface area contributed by atoms with Gasteiger partial charge in [0.2, 0.25) is 0 Å². The van der Waals surface area contributed by atoms with Crippen LogP contribution >= 0.6 is 0 Å². The van der Waals surface area contributed by atoms with Crippen LogP contribution in [0.2, 0.25) is 0 Å². The molecule has 1 N–H and O–H groups in total. The molecule has 0 aliphatic rings. The molecule has 0 heterocycles. The lowest BCUT2D eigenvalue weighted by Crippen LogP contribution is -2.18. The van der Waals surface area contributed by atoms with Crippen molar-refractivity contribution in [3.63, 3.8) is 0 Å². The van der Waals surface area contributed by atoms with Crippen molar-refractivity contribution in [2.45, 2.75) is 13.5 Å². The molecule has 1 amide bonds. The molecule has 0 spiro atoms. The highest BCUT2D eigenvalue weighted by Crippen LogP contribution is 2.20. The summed E-state index contributed by atoms with van der Waals surface area (Å²) in [6.45, 7) is 2.73. The molecular weight excluding hydrogens is 380 g/mol. The molecule has 0 atom stereocenters. The van der Waals surface area contributed by atoms with Crippen LogP contribution in [0.1, 0.15) is 28.4 Å². The number of hydrogen-bond donors (Lipinski definition) is 1. The van der Waals surface area contributed by atoms with Crippen LogP contribution in [0, 0.1) is 0 Å². The summed E-state index contributed by atoms with van der Waals surface area (Å²) in [6.07, 6.45) is 1.56. The molecule has 3 aromatic rings. The number of nitrogens with one attached hydrogen (secondary N) is 1. The summed E-state index contributed by atoms with van der Waals surface area (Å²) < 4.78 is 16.7. The first-order valence-electron chi connectivity index (χ1n) is 9.61. The number of hydrogen-bond acceptors (Lipinski definition) is 5. The molecule has 30 heavy (non-hydrogen) atoms. The van der Waals surface area contributed by atoms with E-state index in [0.717, 1.165) is 16.9 Å². The van der Waals surface area contributed by atoms with Crippen molar-refractivity contribution < 1.29 is 19.0 Å². The molecule has 6 heteroatoms. The van der Waals surface area contributed by atoms with Crippen molar-refractivity contribution in [1.82, 2.24) is 5.43 Å². The minimum Gasteiger partial charge on any atom is -0.497 e. The number of para-hydroxylation sites is 2. The monoisotopic (exact) mass is 404 g/mol. The highest BCUT2D eigenvalue weighted by molar-refractivity contribution is 5.97. The Bertz CT molecular complexity index is 1020. The molecular formula is C24H24N2O4. The Kier molecular flexibility index (Phi) is 7.44. The summed E-state index contributed by atoms with van der Waals surface area (Å²) in [5.74, 6) is 1.62. The van der Waals surface area contributed by atoms with Crippen LogP contribution < -0.4 is 19.6 Å². The van der Waals surface area contributed by atoms with E-state index in [9.17, 15) is 4.79 Å². The van der Waals surface area contributed by atoms with E-state index in [1.807, 2.05) is 61.5 Å². The number of rotatable bonds is 9. The summed E-state index contributed by atoms with van der Waals surface area (Å²) in [7, 11) is 1.63. The van der Waals surface area contributed by atoms with E-state index in [0.29, 0.717) is 30.3 Å². The van der Waals surface area contributed by atoms with Gasteiger partial charge in [-0.2, -0.15) is 5.10 Å². The zero-order valence-corrected chi connectivity index (χ0v) is 17.0. The average Bonchev–Trinajstić information content (AvgIpc) is 2.79. The first kappa shape index (κ1) is 20.9. The van der Waals surface area contributed by atoms with Gasteiger partial charge in [0, 0.05) is 5.56 Å². The molecule has 0 saturated carbocycles. The number of nitrogens with zero attached hydrogens (tertiary/aromatic N) is 1. The second-order valence-electron chi connectivity index (χ2n) is 6.31. The number of amides is 1. The maximum atomic E-state index is 12.4. The molecule has 3 rings (SSSR count). The van der Waals surface area contributed by atoms with E-state index in [2.05, 4.69) is 10.5 Å². The van der Waals surface area contributed by atoms with Crippen molar-refractivity contribution in [3.8, 4) is 17.2 Å². The Morgan fingerprint density at radius 3 is 2.53 bits per heavy atom.